The Labute approximate surface area is 171 Å². The lowest BCUT2D eigenvalue weighted by molar-refractivity contribution is -0.137. The molecule has 0 bridgehead atoms. The standard InChI is InChI=1S/C18H24N8O4/c1-5-20-17(29)13-11(27)12(28)18(30-13)26-7-21-10-15(19-3)22-14(23-16(10)26)9-6-25(4)24-8(9)2/h6-7,11-13,18,27-28H,5H2,1-4H3,(H,20,29)(H,19,22,23). The van der Waals surface area contributed by atoms with Crippen molar-refractivity contribution in [1.82, 2.24) is 34.6 Å². The van der Waals surface area contributed by atoms with E-state index in [-0.39, 0.29) is 0 Å². The van der Waals surface area contributed by atoms with Crippen LogP contribution in [0.4, 0.5) is 5.82 Å². The highest BCUT2D eigenvalue weighted by Gasteiger charge is 2.47. The molecule has 0 radical (unpaired) electrons. The molecule has 160 valence electrons. The number of aliphatic hydroxyl groups excluding tert-OH is 2. The molecular weight excluding hydrogens is 392 g/mol. The summed E-state index contributed by atoms with van der Waals surface area (Å²) in [7, 11) is 3.53. The minimum Gasteiger partial charge on any atom is -0.387 e. The maximum absolute atomic E-state index is 12.2. The third-order valence-electron chi connectivity index (χ3n) is 5.03. The Hall–Kier alpha value is -3.09. The number of imidazole rings is 1. The SMILES string of the molecule is CCNC(=O)C1OC(n2cnc3c(NC)nc(-c4cn(C)nc4C)nc32)C(O)C1O. The van der Waals surface area contributed by atoms with E-state index in [0.717, 1.165) is 11.3 Å². The average Bonchev–Trinajstić information content (AvgIpc) is 3.37. The number of carbonyl (C=O) groups excluding carboxylic acids is 1. The lowest BCUT2D eigenvalue weighted by Crippen LogP contribution is -2.42. The number of hydrogen-bond donors (Lipinski definition) is 4. The van der Waals surface area contributed by atoms with Crippen molar-refractivity contribution in [3.05, 3.63) is 18.2 Å². The Kier molecular flexibility index (Phi) is 5.13. The molecule has 4 N–H and O–H groups in total. The van der Waals surface area contributed by atoms with Gasteiger partial charge in [-0.3, -0.25) is 14.0 Å². The molecule has 1 fully saturated rings. The Morgan fingerprint density at radius 3 is 2.70 bits per heavy atom. The van der Waals surface area contributed by atoms with Gasteiger partial charge in [-0.1, -0.05) is 0 Å². The Morgan fingerprint density at radius 2 is 2.07 bits per heavy atom. The number of aryl methyl sites for hydroxylation is 2. The molecule has 0 saturated carbocycles. The van der Waals surface area contributed by atoms with Gasteiger partial charge in [-0.05, 0) is 13.8 Å². The van der Waals surface area contributed by atoms with E-state index < -0.39 is 30.4 Å². The van der Waals surface area contributed by atoms with Crippen molar-refractivity contribution in [2.24, 2.45) is 7.05 Å². The minimum absolute atomic E-state index is 0.382. The molecule has 1 aliphatic rings. The van der Waals surface area contributed by atoms with Crippen LogP contribution in [0.3, 0.4) is 0 Å². The highest BCUT2D eigenvalue weighted by atomic mass is 16.6. The number of amides is 1. The number of likely N-dealkylation sites (N-methyl/N-ethyl adjacent to an activating group) is 1. The number of nitrogens with one attached hydrogen (secondary N) is 2. The number of fused-ring (bicyclic) bond motifs is 1. The second-order valence-electron chi connectivity index (χ2n) is 7.09. The van der Waals surface area contributed by atoms with E-state index in [1.807, 2.05) is 20.2 Å². The summed E-state index contributed by atoms with van der Waals surface area (Å²) >= 11 is 0. The third-order valence-corrected chi connectivity index (χ3v) is 5.03. The first-order valence-electron chi connectivity index (χ1n) is 9.58. The average molecular weight is 416 g/mol. The fourth-order valence-corrected chi connectivity index (χ4v) is 3.60. The van der Waals surface area contributed by atoms with Crippen LogP contribution in [-0.4, -0.2) is 77.3 Å². The van der Waals surface area contributed by atoms with Gasteiger partial charge < -0.3 is 25.6 Å². The van der Waals surface area contributed by atoms with Gasteiger partial charge >= 0.3 is 0 Å². The van der Waals surface area contributed by atoms with Crippen molar-refractivity contribution in [2.45, 2.75) is 38.4 Å². The molecule has 0 aliphatic carbocycles. The van der Waals surface area contributed by atoms with Crippen LogP contribution in [-0.2, 0) is 16.6 Å². The van der Waals surface area contributed by atoms with E-state index in [0.29, 0.717) is 29.4 Å². The van der Waals surface area contributed by atoms with Crippen molar-refractivity contribution < 1.29 is 19.7 Å². The zero-order valence-corrected chi connectivity index (χ0v) is 17.1. The fourth-order valence-electron chi connectivity index (χ4n) is 3.60. The Bertz CT molecular complexity index is 1090. The van der Waals surface area contributed by atoms with Gasteiger partial charge in [-0.2, -0.15) is 5.10 Å². The molecule has 1 amide bonds. The topological polar surface area (TPSA) is 152 Å². The summed E-state index contributed by atoms with van der Waals surface area (Å²) in [5.74, 6) is 0.422. The molecule has 1 saturated heterocycles. The van der Waals surface area contributed by atoms with E-state index in [9.17, 15) is 15.0 Å². The zero-order chi connectivity index (χ0) is 21.6. The molecule has 12 nitrogen and oxygen atoms in total. The van der Waals surface area contributed by atoms with Crippen molar-refractivity contribution >= 4 is 22.9 Å². The van der Waals surface area contributed by atoms with Crippen molar-refractivity contribution in [1.29, 1.82) is 0 Å². The first-order valence-corrected chi connectivity index (χ1v) is 9.58. The van der Waals surface area contributed by atoms with Gasteiger partial charge in [-0.25, -0.2) is 15.0 Å². The van der Waals surface area contributed by atoms with Crippen LogP contribution in [0.2, 0.25) is 0 Å². The summed E-state index contributed by atoms with van der Waals surface area (Å²) in [5, 5.41) is 30.8. The Morgan fingerprint density at radius 1 is 1.30 bits per heavy atom. The smallest absolute Gasteiger partial charge is 0.252 e. The van der Waals surface area contributed by atoms with Gasteiger partial charge in [0.2, 0.25) is 0 Å². The predicted octanol–water partition coefficient (Wildman–Crippen LogP) is -0.668. The summed E-state index contributed by atoms with van der Waals surface area (Å²) in [6.45, 7) is 4.00. The lowest BCUT2D eigenvalue weighted by atomic mass is 10.1. The molecule has 0 spiro atoms. The van der Waals surface area contributed by atoms with E-state index in [4.69, 9.17) is 4.74 Å². The summed E-state index contributed by atoms with van der Waals surface area (Å²) in [4.78, 5) is 25.7. The summed E-state index contributed by atoms with van der Waals surface area (Å²) in [6.07, 6.45) is -1.71. The van der Waals surface area contributed by atoms with Crippen molar-refractivity contribution in [3.8, 4) is 11.4 Å². The van der Waals surface area contributed by atoms with E-state index in [1.54, 1.807) is 18.7 Å². The maximum atomic E-state index is 12.2. The molecule has 1 aliphatic heterocycles. The van der Waals surface area contributed by atoms with E-state index in [2.05, 4.69) is 30.7 Å². The first-order chi connectivity index (χ1) is 14.3. The molecule has 12 heteroatoms. The quantitative estimate of drug-likeness (QED) is 0.424. The van der Waals surface area contributed by atoms with Crippen LogP contribution in [0.5, 0.6) is 0 Å². The molecule has 4 heterocycles. The number of ether oxygens (including phenoxy) is 1. The van der Waals surface area contributed by atoms with E-state index in [1.165, 1.54) is 10.9 Å². The first kappa shape index (κ1) is 20.2. The molecule has 4 rings (SSSR count). The Balaban J connectivity index is 1.79. The largest absolute Gasteiger partial charge is 0.387 e. The van der Waals surface area contributed by atoms with Crippen LogP contribution >= 0.6 is 0 Å². The summed E-state index contributed by atoms with van der Waals surface area (Å²) in [6, 6.07) is 0. The molecule has 3 aromatic heterocycles. The monoisotopic (exact) mass is 416 g/mol. The number of aliphatic hydroxyl groups is 2. The van der Waals surface area contributed by atoms with Crippen LogP contribution in [0, 0.1) is 6.92 Å². The molecule has 4 atom stereocenters. The van der Waals surface area contributed by atoms with Gasteiger partial charge in [0.15, 0.2) is 35.1 Å². The number of aromatic nitrogens is 6. The zero-order valence-electron chi connectivity index (χ0n) is 17.1. The van der Waals surface area contributed by atoms with Gasteiger partial charge in [-0.15, -0.1) is 0 Å². The van der Waals surface area contributed by atoms with Gasteiger partial charge in [0.1, 0.15) is 12.2 Å². The fraction of sp³-hybridized carbons (Fsp3) is 0.500. The van der Waals surface area contributed by atoms with Crippen LogP contribution in [0.1, 0.15) is 18.8 Å². The van der Waals surface area contributed by atoms with Gasteiger partial charge in [0.25, 0.3) is 5.91 Å². The summed E-state index contributed by atoms with van der Waals surface area (Å²) in [5.41, 5.74) is 2.36. The molecule has 3 aromatic rings. The van der Waals surface area contributed by atoms with Gasteiger partial charge in [0.05, 0.1) is 17.6 Å². The highest BCUT2D eigenvalue weighted by Crippen LogP contribution is 2.33. The maximum Gasteiger partial charge on any atom is 0.252 e. The number of hydrogen-bond acceptors (Lipinski definition) is 9. The molecular formula is C18H24N8O4. The second kappa shape index (κ2) is 7.63. The van der Waals surface area contributed by atoms with Crippen molar-refractivity contribution in [3.63, 3.8) is 0 Å². The van der Waals surface area contributed by atoms with Crippen LogP contribution < -0.4 is 10.6 Å². The summed E-state index contributed by atoms with van der Waals surface area (Å²) < 4.78 is 8.89. The number of nitrogens with zero attached hydrogens (tertiary/aromatic N) is 6. The second-order valence-corrected chi connectivity index (χ2v) is 7.09. The number of rotatable bonds is 5. The van der Waals surface area contributed by atoms with E-state index >= 15 is 0 Å². The van der Waals surface area contributed by atoms with Gasteiger partial charge in [0, 0.05) is 26.8 Å². The highest BCUT2D eigenvalue weighted by molar-refractivity contribution is 5.85. The predicted molar refractivity (Wildman–Crippen MR) is 106 cm³/mol. The molecule has 0 aromatic carbocycles. The number of carbonyl (C=O) groups is 1. The number of anilines is 1. The van der Waals surface area contributed by atoms with Crippen molar-refractivity contribution in [2.75, 3.05) is 18.9 Å². The molecule has 4 unspecified atom stereocenters. The minimum atomic E-state index is -1.38. The van der Waals surface area contributed by atoms with Crippen LogP contribution in [0.25, 0.3) is 22.6 Å². The molecule has 30 heavy (non-hydrogen) atoms. The van der Waals surface area contributed by atoms with Crippen LogP contribution in [0.15, 0.2) is 12.5 Å². The normalized spacial score (nSPS) is 23.8. The third kappa shape index (κ3) is 3.18. The lowest BCUT2D eigenvalue weighted by Gasteiger charge is -2.17.